The first-order chi connectivity index (χ1) is 6.93. The summed E-state index contributed by atoms with van der Waals surface area (Å²) in [5.41, 5.74) is -0.647. The minimum absolute atomic E-state index is 0.0977. The van der Waals surface area contributed by atoms with Crippen molar-refractivity contribution in [1.29, 1.82) is 0 Å². The Labute approximate surface area is 89.3 Å². The lowest BCUT2D eigenvalue weighted by molar-refractivity contribution is -0.251. The molecule has 2 heterocycles. The molecule has 1 unspecified atom stereocenters. The van der Waals surface area contributed by atoms with E-state index in [0.29, 0.717) is 0 Å². The van der Waals surface area contributed by atoms with Crippen LogP contribution in [0.4, 0.5) is 0 Å². The van der Waals surface area contributed by atoms with E-state index in [2.05, 4.69) is 0 Å². The predicted octanol–water partition coefficient (Wildman–Crippen LogP) is 0.260. The highest BCUT2D eigenvalue weighted by molar-refractivity contribution is 5.04. The van der Waals surface area contributed by atoms with Crippen molar-refractivity contribution in [2.24, 2.45) is 0 Å². The number of fused-ring (bicyclic) bond motifs is 1. The third-order valence-corrected chi connectivity index (χ3v) is 2.94. The van der Waals surface area contributed by atoms with Gasteiger partial charge in [0.2, 0.25) is 0 Å². The second kappa shape index (κ2) is 3.40. The van der Waals surface area contributed by atoms with Gasteiger partial charge in [0.15, 0.2) is 12.1 Å². The van der Waals surface area contributed by atoms with E-state index >= 15 is 0 Å². The third kappa shape index (κ3) is 1.59. The summed E-state index contributed by atoms with van der Waals surface area (Å²) in [6.07, 6.45) is -1.18. The Morgan fingerprint density at radius 2 is 2.00 bits per heavy atom. The second-order valence-corrected chi connectivity index (χ2v) is 4.65. The van der Waals surface area contributed by atoms with Crippen LogP contribution in [0.3, 0.4) is 0 Å². The maximum absolute atomic E-state index is 9.19. The van der Waals surface area contributed by atoms with Crippen molar-refractivity contribution >= 4 is 0 Å². The van der Waals surface area contributed by atoms with Gasteiger partial charge in [0.25, 0.3) is 0 Å². The number of aliphatic hydroxyl groups is 1. The molecule has 0 radical (unpaired) electrons. The summed E-state index contributed by atoms with van der Waals surface area (Å²) >= 11 is 0. The van der Waals surface area contributed by atoms with E-state index in [4.69, 9.17) is 18.9 Å². The van der Waals surface area contributed by atoms with Crippen molar-refractivity contribution in [3.8, 4) is 0 Å². The molecule has 15 heavy (non-hydrogen) atoms. The molecule has 4 atom stereocenters. The molecular formula is C10H18O5. The van der Waals surface area contributed by atoms with E-state index in [1.54, 1.807) is 7.11 Å². The molecule has 0 aromatic carbocycles. The Kier molecular flexibility index (Phi) is 2.56. The van der Waals surface area contributed by atoms with Crippen LogP contribution in [0.25, 0.3) is 0 Å². The molecule has 5 nitrogen and oxygen atoms in total. The van der Waals surface area contributed by atoms with Crippen LogP contribution in [-0.2, 0) is 18.9 Å². The lowest BCUT2D eigenvalue weighted by Gasteiger charge is -2.28. The summed E-state index contributed by atoms with van der Waals surface area (Å²) < 4.78 is 22.3. The van der Waals surface area contributed by atoms with E-state index in [1.807, 2.05) is 20.8 Å². The smallest absolute Gasteiger partial charge is 0.189 e. The molecule has 2 aliphatic rings. The standard InChI is InChI=1S/C10H18O5/c1-9(2)14-7-6(5-11)13-8(12-4)10(7,3)15-9/h6-8,11H,5H2,1-4H3/t6-,7-,8?,10-/m1/s1. The minimum atomic E-state index is -0.659. The molecule has 0 spiro atoms. The van der Waals surface area contributed by atoms with Gasteiger partial charge >= 0.3 is 0 Å². The van der Waals surface area contributed by atoms with Crippen molar-refractivity contribution in [3.05, 3.63) is 0 Å². The highest BCUT2D eigenvalue weighted by atomic mass is 16.8. The number of rotatable bonds is 2. The van der Waals surface area contributed by atoms with Crippen LogP contribution in [0, 0.1) is 0 Å². The van der Waals surface area contributed by atoms with Crippen molar-refractivity contribution in [3.63, 3.8) is 0 Å². The number of aliphatic hydroxyl groups excluding tert-OH is 1. The fourth-order valence-corrected chi connectivity index (χ4v) is 2.46. The number of methoxy groups -OCH3 is 1. The molecule has 1 N–H and O–H groups in total. The summed E-state index contributed by atoms with van der Waals surface area (Å²) in [5, 5.41) is 9.19. The number of ether oxygens (including phenoxy) is 4. The molecule has 5 heteroatoms. The second-order valence-electron chi connectivity index (χ2n) is 4.65. The van der Waals surface area contributed by atoms with Crippen LogP contribution in [-0.4, -0.2) is 48.7 Å². The van der Waals surface area contributed by atoms with Gasteiger partial charge in [-0.05, 0) is 20.8 Å². The average molecular weight is 218 g/mol. The van der Waals surface area contributed by atoms with E-state index in [1.165, 1.54) is 0 Å². The van der Waals surface area contributed by atoms with Crippen LogP contribution in [0.15, 0.2) is 0 Å². The van der Waals surface area contributed by atoms with Crippen molar-refractivity contribution in [2.75, 3.05) is 13.7 Å². The maximum atomic E-state index is 9.19. The van der Waals surface area contributed by atoms with Gasteiger partial charge in [-0.3, -0.25) is 0 Å². The molecule has 2 fully saturated rings. The molecule has 0 aliphatic carbocycles. The van der Waals surface area contributed by atoms with E-state index in [-0.39, 0.29) is 18.8 Å². The first-order valence-electron chi connectivity index (χ1n) is 5.10. The summed E-state index contributed by atoms with van der Waals surface area (Å²) in [6.45, 7) is 5.48. The molecule has 2 aliphatic heterocycles. The molecule has 0 amide bonds. The van der Waals surface area contributed by atoms with Crippen LogP contribution in [0.2, 0.25) is 0 Å². The quantitative estimate of drug-likeness (QED) is 0.720. The van der Waals surface area contributed by atoms with E-state index in [0.717, 1.165) is 0 Å². The molecule has 88 valence electrons. The number of hydrogen-bond acceptors (Lipinski definition) is 5. The Morgan fingerprint density at radius 1 is 1.33 bits per heavy atom. The first kappa shape index (κ1) is 11.3. The van der Waals surface area contributed by atoms with Gasteiger partial charge in [-0.15, -0.1) is 0 Å². The molecule has 2 rings (SSSR count). The molecule has 0 aromatic rings. The van der Waals surface area contributed by atoms with Gasteiger partial charge < -0.3 is 24.1 Å². The minimum Gasteiger partial charge on any atom is -0.394 e. The summed E-state index contributed by atoms with van der Waals surface area (Å²) in [5.74, 6) is -0.659. The zero-order valence-corrected chi connectivity index (χ0v) is 9.52. The van der Waals surface area contributed by atoms with Gasteiger partial charge in [-0.25, -0.2) is 0 Å². The fraction of sp³-hybridized carbons (Fsp3) is 1.00. The monoisotopic (exact) mass is 218 g/mol. The Morgan fingerprint density at radius 3 is 2.53 bits per heavy atom. The highest BCUT2D eigenvalue weighted by Crippen LogP contribution is 2.46. The lowest BCUT2D eigenvalue weighted by atomic mass is 9.98. The molecule has 2 saturated heterocycles. The Hall–Kier alpha value is -0.200. The molecule has 0 bridgehead atoms. The Bertz CT molecular complexity index is 254. The lowest BCUT2D eigenvalue weighted by Crippen LogP contribution is -2.44. The summed E-state index contributed by atoms with van der Waals surface area (Å²) in [4.78, 5) is 0. The van der Waals surface area contributed by atoms with Crippen LogP contribution < -0.4 is 0 Å². The van der Waals surface area contributed by atoms with Gasteiger partial charge in [-0.1, -0.05) is 0 Å². The zero-order chi connectivity index (χ0) is 11.3. The fourth-order valence-electron chi connectivity index (χ4n) is 2.46. The summed E-state index contributed by atoms with van der Waals surface area (Å²) in [6, 6.07) is 0. The van der Waals surface area contributed by atoms with Crippen LogP contribution >= 0.6 is 0 Å². The van der Waals surface area contributed by atoms with Gasteiger partial charge in [-0.2, -0.15) is 0 Å². The topological polar surface area (TPSA) is 57.2 Å². The molecule has 0 aromatic heterocycles. The normalized spacial score (nSPS) is 48.2. The predicted molar refractivity (Wildman–Crippen MR) is 51.2 cm³/mol. The van der Waals surface area contributed by atoms with E-state index in [9.17, 15) is 5.11 Å². The first-order valence-corrected chi connectivity index (χ1v) is 5.10. The Balaban J connectivity index is 2.26. The van der Waals surface area contributed by atoms with Crippen molar-refractivity contribution < 1.29 is 24.1 Å². The van der Waals surface area contributed by atoms with Crippen molar-refractivity contribution in [2.45, 2.75) is 50.7 Å². The van der Waals surface area contributed by atoms with Crippen molar-refractivity contribution in [1.82, 2.24) is 0 Å². The molecule has 0 saturated carbocycles. The number of hydrogen-bond donors (Lipinski definition) is 1. The van der Waals surface area contributed by atoms with Crippen LogP contribution in [0.1, 0.15) is 20.8 Å². The SMILES string of the molecule is COC1O[C@H](CO)[C@H]2OC(C)(C)O[C@@]12C. The molecular weight excluding hydrogens is 200 g/mol. The maximum Gasteiger partial charge on any atom is 0.189 e. The van der Waals surface area contributed by atoms with Crippen LogP contribution in [0.5, 0.6) is 0 Å². The highest BCUT2D eigenvalue weighted by Gasteiger charge is 2.63. The third-order valence-electron chi connectivity index (χ3n) is 2.94. The average Bonchev–Trinajstić information content (AvgIpc) is 2.51. The largest absolute Gasteiger partial charge is 0.394 e. The van der Waals surface area contributed by atoms with Gasteiger partial charge in [0, 0.05) is 7.11 Å². The zero-order valence-electron chi connectivity index (χ0n) is 9.52. The van der Waals surface area contributed by atoms with Gasteiger partial charge in [0.05, 0.1) is 6.61 Å². The summed E-state index contributed by atoms with van der Waals surface area (Å²) in [7, 11) is 1.56. The van der Waals surface area contributed by atoms with Gasteiger partial charge in [0.1, 0.15) is 17.8 Å². The van der Waals surface area contributed by atoms with E-state index < -0.39 is 17.7 Å².